The molecule has 1 aromatic heterocycles. The topological polar surface area (TPSA) is 83.6 Å². The molecule has 2 aromatic rings. The van der Waals surface area contributed by atoms with Crippen molar-refractivity contribution in [3.63, 3.8) is 0 Å². The van der Waals surface area contributed by atoms with Gasteiger partial charge in [0.1, 0.15) is 11.9 Å². The van der Waals surface area contributed by atoms with Crippen molar-refractivity contribution < 1.29 is 4.79 Å². The zero-order valence-corrected chi connectivity index (χ0v) is 17.4. The molecule has 1 aromatic carbocycles. The molecule has 0 radical (unpaired) electrons. The van der Waals surface area contributed by atoms with Gasteiger partial charge in [-0.1, -0.05) is 29.3 Å². The molecule has 1 amide bonds. The molecule has 2 atom stereocenters. The second-order valence-electron chi connectivity index (χ2n) is 7.39. The molecule has 152 valence electrons. The molecule has 2 unspecified atom stereocenters. The number of hydrogen-bond acceptors (Lipinski definition) is 5. The average Bonchev–Trinajstić information content (AvgIpc) is 3.21. The van der Waals surface area contributed by atoms with Crippen molar-refractivity contribution in [2.45, 2.75) is 24.9 Å². The Hall–Kier alpha value is -2.15. The first kappa shape index (κ1) is 20.1. The number of carbonyl (C=O) groups excluding carboxylic acids is 1. The summed E-state index contributed by atoms with van der Waals surface area (Å²) in [7, 11) is 0. The van der Waals surface area contributed by atoms with E-state index in [4.69, 9.17) is 33.9 Å². The lowest BCUT2D eigenvalue weighted by atomic mass is 9.94. The van der Waals surface area contributed by atoms with Crippen LogP contribution in [0.25, 0.3) is 0 Å². The van der Waals surface area contributed by atoms with Crippen LogP contribution in [0.5, 0.6) is 0 Å². The molecular weight excluding hydrogens is 409 g/mol. The van der Waals surface area contributed by atoms with E-state index < -0.39 is 0 Å². The highest BCUT2D eigenvalue weighted by Crippen LogP contribution is 2.39. The molecular formula is C21H23Cl2N5O. The number of piperidine rings is 1. The number of nitrogens with two attached hydrogens (primary N) is 1. The van der Waals surface area contributed by atoms with Gasteiger partial charge in [0, 0.05) is 31.4 Å². The summed E-state index contributed by atoms with van der Waals surface area (Å²) in [4.78, 5) is 22.9. The number of benzene rings is 1. The summed E-state index contributed by atoms with van der Waals surface area (Å²) >= 11 is 12.4. The molecule has 4 rings (SSSR count). The van der Waals surface area contributed by atoms with E-state index in [9.17, 15) is 4.79 Å². The fraction of sp³-hybridized carbons (Fsp3) is 0.381. The maximum Gasteiger partial charge on any atom is 0.236 e. The Kier molecular flexibility index (Phi) is 6.04. The summed E-state index contributed by atoms with van der Waals surface area (Å²) < 4.78 is 0. The van der Waals surface area contributed by atoms with Gasteiger partial charge in [0.25, 0.3) is 0 Å². The van der Waals surface area contributed by atoms with E-state index in [-0.39, 0.29) is 30.5 Å². The molecule has 1 saturated heterocycles. The second-order valence-corrected chi connectivity index (χ2v) is 8.21. The Labute approximate surface area is 180 Å². The van der Waals surface area contributed by atoms with Gasteiger partial charge >= 0.3 is 0 Å². The highest BCUT2D eigenvalue weighted by Gasteiger charge is 2.36. The van der Waals surface area contributed by atoms with E-state index in [1.54, 1.807) is 12.4 Å². The Bertz CT molecular complexity index is 913. The molecule has 29 heavy (non-hydrogen) atoms. The van der Waals surface area contributed by atoms with E-state index in [2.05, 4.69) is 10.3 Å². The maximum atomic E-state index is 11.9. The minimum atomic E-state index is -0.0751. The summed E-state index contributed by atoms with van der Waals surface area (Å²) in [6, 6.07) is 9.58. The highest BCUT2D eigenvalue weighted by molar-refractivity contribution is 6.42. The van der Waals surface area contributed by atoms with E-state index in [0.717, 1.165) is 29.8 Å². The van der Waals surface area contributed by atoms with Crippen LogP contribution < -0.4 is 11.1 Å². The third-order valence-electron chi connectivity index (χ3n) is 5.66. The standard InChI is InChI=1S/C21H23Cl2N5O/c22-16-2-1-15(11-17(16)23)20-19(13-3-7-25-8-4-13)26-21(27-20)14-5-9-28(10-6-14)18(29)12-24/h1-4,7-8,11,14,19-20H,5-6,9-10,12,24H2,(H,26,27). The first-order chi connectivity index (χ1) is 14.1. The van der Waals surface area contributed by atoms with Crippen molar-refractivity contribution >= 4 is 34.9 Å². The number of aliphatic imine (C=N–C) groups is 1. The van der Waals surface area contributed by atoms with Crippen molar-refractivity contribution in [3.8, 4) is 0 Å². The van der Waals surface area contributed by atoms with Gasteiger partial charge in [-0.3, -0.25) is 14.8 Å². The Morgan fingerprint density at radius 3 is 2.48 bits per heavy atom. The molecule has 2 aliphatic heterocycles. The number of halogens is 2. The second kappa shape index (κ2) is 8.69. The van der Waals surface area contributed by atoms with E-state index >= 15 is 0 Å². The van der Waals surface area contributed by atoms with E-state index in [0.29, 0.717) is 23.1 Å². The van der Waals surface area contributed by atoms with Gasteiger partial charge in [0.05, 0.1) is 22.6 Å². The quantitative estimate of drug-likeness (QED) is 0.776. The number of amides is 1. The van der Waals surface area contributed by atoms with Crippen LogP contribution in [0.3, 0.4) is 0 Å². The molecule has 2 aliphatic rings. The third kappa shape index (κ3) is 4.25. The summed E-state index contributed by atoms with van der Waals surface area (Å²) in [5, 5.41) is 4.69. The van der Waals surface area contributed by atoms with Gasteiger partial charge in [-0.05, 0) is 48.2 Å². The van der Waals surface area contributed by atoms with Crippen LogP contribution in [0.1, 0.15) is 36.1 Å². The predicted molar refractivity (Wildman–Crippen MR) is 115 cm³/mol. The highest BCUT2D eigenvalue weighted by atomic mass is 35.5. The van der Waals surface area contributed by atoms with Crippen molar-refractivity contribution in [1.29, 1.82) is 0 Å². The Morgan fingerprint density at radius 1 is 1.10 bits per heavy atom. The van der Waals surface area contributed by atoms with Gasteiger partial charge in [0.15, 0.2) is 0 Å². The molecule has 1 fully saturated rings. The smallest absolute Gasteiger partial charge is 0.236 e. The average molecular weight is 432 g/mol. The molecule has 3 heterocycles. The molecule has 3 N–H and O–H groups in total. The molecule has 0 spiro atoms. The lowest BCUT2D eigenvalue weighted by molar-refractivity contribution is -0.130. The van der Waals surface area contributed by atoms with Crippen molar-refractivity contribution in [3.05, 3.63) is 63.9 Å². The van der Waals surface area contributed by atoms with Gasteiger partial charge in [0.2, 0.25) is 5.91 Å². The van der Waals surface area contributed by atoms with Crippen molar-refractivity contribution in [2.75, 3.05) is 19.6 Å². The number of hydrogen-bond donors (Lipinski definition) is 2. The number of nitrogens with zero attached hydrogens (tertiary/aromatic N) is 3. The number of likely N-dealkylation sites (tertiary alicyclic amines) is 1. The van der Waals surface area contributed by atoms with Crippen LogP contribution in [-0.4, -0.2) is 41.3 Å². The lowest BCUT2D eigenvalue weighted by Gasteiger charge is -2.32. The number of pyridine rings is 1. The van der Waals surface area contributed by atoms with Crippen LogP contribution in [-0.2, 0) is 4.79 Å². The molecule has 8 heteroatoms. The van der Waals surface area contributed by atoms with Crippen LogP contribution >= 0.6 is 23.2 Å². The lowest BCUT2D eigenvalue weighted by Crippen LogP contribution is -2.44. The fourth-order valence-corrected chi connectivity index (χ4v) is 4.36. The SMILES string of the molecule is NCC(=O)N1CCC(C2=NC(c3ccncc3)C(c3ccc(Cl)c(Cl)c3)N2)CC1. The molecule has 6 nitrogen and oxygen atoms in total. The maximum absolute atomic E-state index is 11.9. The Morgan fingerprint density at radius 2 is 1.83 bits per heavy atom. The van der Waals surface area contributed by atoms with Gasteiger partial charge in [-0.2, -0.15) is 0 Å². The van der Waals surface area contributed by atoms with Crippen molar-refractivity contribution in [2.24, 2.45) is 16.6 Å². The molecule has 0 saturated carbocycles. The minimum absolute atomic E-state index is 0.00751. The number of aromatic nitrogens is 1. The minimum Gasteiger partial charge on any atom is -0.364 e. The fourth-order valence-electron chi connectivity index (χ4n) is 4.05. The van der Waals surface area contributed by atoms with E-state index in [1.165, 1.54) is 0 Å². The number of carbonyl (C=O) groups is 1. The van der Waals surface area contributed by atoms with Crippen LogP contribution in [0, 0.1) is 5.92 Å². The van der Waals surface area contributed by atoms with E-state index in [1.807, 2.05) is 35.2 Å². The summed E-state index contributed by atoms with van der Waals surface area (Å²) in [5.41, 5.74) is 7.62. The van der Waals surface area contributed by atoms with Gasteiger partial charge in [-0.25, -0.2) is 0 Å². The van der Waals surface area contributed by atoms with Crippen LogP contribution in [0.2, 0.25) is 10.0 Å². The zero-order chi connectivity index (χ0) is 20.4. The van der Waals surface area contributed by atoms with Gasteiger partial charge in [-0.15, -0.1) is 0 Å². The van der Waals surface area contributed by atoms with Crippen LogP contribution in [0.15, 0.2) is 47.7 Å². The number of nitrogens with one attached hydrogen (secondary N) is 1. The summed E-state index contributed by atoms with van der Waals surface area (Å²) in [6.07, 6.45) is 5.31. The monoisotopic (exact) mass is 431 g/mol. The zero-order valence-electron chi connectivity index (χ0n) is 15.9. The molecule has 0 bridgehead atoms. The third-order valence-corrected chi connectivity index (χ3v) is 6.40. The van der Waals surface area contributed by atoms with Gasteiger partial charge < -0.3 is 16.0 Å². The molecule has 0 aliphatic carbocycles. The van der Waals surface area contributed by atoms with Crippen LogP contribution in [0.4, 0.5) is 0 Å². The first-order valence-corrected chi connectivity index (χ1v) is 10.5. The Balaban J connectivity index is 1.58. The van der Waals surface area contributed by atoms with Crippen molar-refractivity contribution in [1.82, 2.24) is 15.2 Å². The summed E-state index contributed by atoms with van der Waals surface area (Å²) in [6.45, 7) is 1.48. The first-order valence-electron chi connectivity index (χ1n) is 9.73. The summed E-state index contributed by atoms with van der Waals surface area (Å²) in [5.74, 6) is 1.28. The normalized spacial score (nSPS) is 22.3. The number of amidine groups is 1. The predicted octanol–water partition coefficient (Wildman–Crippen LogP) is 3.37. The number of rotatable bonds is 4. The largest absolute Gasteiger partial charge is 0.364 e.